The number of likely N-dealkylation sites (N-methyl/N-ethyl adjacent to an activating group) is 1. The van der Waals surface area contributed by atoms with Gasteiger partial charge >= 0.3 is 5.69 Å². The minimum absolute atomic E-state index is 0.0584. The summed E-state index contributed by atoms with van der Waals surface area (Å²) in [5.41, 5.74) is 0.630. The molecule has 0 atom stereocenters. The first-order chi connectivity index (χ1) is 13.5. The molecule has 28 heavy (non-hydrogen) atoms. The second kappa shape index (κ2) is 8.12. The molecule has 148 valence electrons. The Morgan fingerprint density at radius 3 is 2.39 bits per heavy atom. The Labute approximate surface area is 161 Å². The first kappa shape index (κ1) is 19.4. The number of nitrogens with one attached hydrogen (secondary N) is 2. The smallest absolute Gasteiger partial charge is 0.332 e. The summed E-state index contributed by atoms with van der Waals surface area (Å²) in [4.78, 5) is 44.0. The van der Waals surface area contributed by atoms with Crippen molar-refractivity contribution in [3.05, 3.63) is 45.1 Å². The lowest BCUT2D eigenvalue weighted by Gasteiger charge is -2.06. The molecule has 3 rings (SSSR count). The molecule has 9 nitrogen and oxygen atoms in total. The number of hydrogen-bond donors (Lipinski definition) is 2. The lowest BCUT2D eigenvalue weighted by molar-refractivity contribution is -0.122. The monoisotopic (exact) mass is 385 g/mol. The van der Waals surface area contributed by atoms with Crippen molar-refractivity contribution in [2.75, 3.05) is 13.2 Å². The highest BCUT2D eigenvalue weighted by molar-refractivity contribution is 5.77. The van der Waals surface area contributed by atoms with E-state index in [1.807, 2.05) is 13.8 Å². The summed E-state index contributed by atoms with van der Waals surface area (Å²) in [6.45, 7) is 6.62. The standard InChI is InChI=1S/C19H23N5O4/c1-4-20-14(25)11-28-13-9-7-12(8-10-13)16-21-15-17(22-16)23(5-2)19(27)24(6-3)18(15)26/h7-10H,4-6,11H2,1-3H3,(H,20,25)(H,21,22). The number of imidazole rings is 1. The number of carbonyl (C=O) groups is 1. The van der Waals surface area contributed by atoms with Gasteiger partial charge < -0.3 is 15.0 Å². The molecule has 2 aromatic heterocycles. The minimum atomic E-state index is -0.382. The highest BCUT2D eigenvalue weighted by Gasteiger charge is 2.16. The van der Waals surface area contributed by atoms with E-state index in [1.54, 1.807) is 31.2 Å². The molecule has 1 amide bonds. The average Bonchev–Trinajstić information content (AvgIpc) is 3.13. The summed E-state index contributed by atoms with van der Waals surface area (Å²) in [6.07, 6.45) is 0. The van der Waals surface area contributed by atoms with Gasteiger partial charge in [-0.15, -0.1) is 0 Å². The van der Waals surface area contributed by atoms with Crippen LogP contribution in [-0.4, -0.2) is 38.2 Å². The van der Waals surface area contributed by atoms with E-state index in [9.17, 15) is 14.4 Å². The number of aryl methyl sites for hydroxylation is 1. The van der Waals surface area contributed by atoms with Gasteiger partial charge in [0.1, 0.15) is 17.1 Å². The maximum atomic E-state index is 12.6. The predicted molar refractivity (Wildman–Crippen MR) is 106 cm³/mol. The van der Waals surface area contributed by atoms with Crippen LogP contribution >= 0.6 is 0 Å². The topological polar surface area (TPSA) is 111 Å². The second-order valence-electron chi connectivity index (χ2n) is 6.13. The fourth-order valence-corrected chi connectivity index (χ4v) is 2.97. The molecule has 0 fully saturated rings. The number of aromatic nitrogens is 4. The normalized spacial score (nSPS) is 11.0. The zero-order valence-electron chi connectivity index (χ0n) is 16.1. The third-order valence-corrected chi connectivity index (χ3v) is 4.37. The summed E-state index contributed by atoms with van der Waals surface area (Å²) in [5.74, 6) is 0.844. The van der Waals surface area contributed by atoms with Crippen LogP contribution in [0, 0.1) is 0 Å². The van der Waals surface area contributed by atoms with Gasteiger partial charge in [0.15, 0.2) is 12.3 Å². The average molecular weight is 385 g/mol. The van der Waals surface area contributed by atoms with E-state index in [1.165, 1.54) is 9.13 Å². The first-order valence-electron chi connectivity index (χ1n) is 9.23. The van der Waals surface area contributed by atoms with Gasteiger partial charge in [-0.2, -0.15) is 0 Å². The number of carbonyl (C=O) groups excluding carboxylic acids is 1. The van der Waals surface area contributed by atoms with Crippen molar-refractivity contribution in [2.45, 2.75) is 33.9 Å². The van der Waals surface area contributed by atoms with E-state index in [4.69, 9.17) is 4.74 Å². The maximum absolute atomic E-state index is 12.6. The first-order valence-corrected chi connectivity index (χ1v) is 9.23. The predicted octanol–water partition coefficient (Wildman–Crippen LogP) is 1.11. The van der Waals surface area contributed by atoms with Gasteiger partial charge in [-0.3, -0.25) is 18.7 Å². The van der Waals surface area contributed by atoms with Crippen LogP contribution in [0.2, 0.25) is 0 Å². The van der Waals surface area contributed by atoms with Gasteiger partial charge in [-0.1, -0.05) is 0 Å². The van der Waals surface area contributed by atoms with Crippen LogP contribution in [0.4, 0.5) is 0 Å². The number of rotatable bonds is 7. The molecule has 0 aliphatic rings. The molecule has 0 aliphatic carbocycles. The molecule has 2 heterocycles. The lowest BCUT2D eigenvalue weighted by atomic mass is 10.2. The summed E-state index contributed by atoms with van der Waals surface area (Å²) in [7, 11) is 0. The van der Waals surface area contributed by atoms with Crippen LogP contribution in [0.1, 0.15) is 20.8 Å². The zero-order chi connectivity index (χ0) is 20.3. The van der Waals surface area contributed by atoms with Gasteiger partial charge in [0.25, 0.3) is 11.5 Å². The Morgan fingerprint density at radius 2 is 1.79 bits per heavy atom. The van der Waals surface area contributed by atoms with Crippen LogP contribution in [-0.2, 0) is 17.9 Å². The van der Waals surface area contributed by atoms with E-state index >= 15 is 0 Å². The van der Waals surface area contributed by atoms with Crippen molar-refractivity contribution in [2.24, 2.45) is 0 Å². The SMILES string of the molecule is CCNC(=O)COc1ccc(-c2nc3c([nH]2)c(=O)n(CC)c(=O)n3CC)cc1. The molecule has 3 aromatic rings. The van der Waals surface area contributed by atoms with Gasteiger partial charge in [-0.25, -0.2) is 9.78 Å². The van der Waals surface area contributed by atoms with Crippen LogP contribution in [0.25, 0.3) is 22.6 Å². The molecular formula is C19H23N5O4. The van der Waals surface area contributed by atoms with E-state index in [0.717, 1.165) is 5.56 Å². The largest absolute Gasteiger partial charge is 0.484 e. The van der Waals surface area contributed by atoms with Crippen LogP contribution in [0.5, 0.6) is 5.75 Å². The summed E-state index contributed by atoms with van der Waals surface area (Å²) < 4.78 is 8.09. The molecule has 9 heteroatoms. The van der Waals surface area contributed by atoms with E-state index in [0.29, 0.717) is 42.4 Å². The third kappa shape index (κ3) is 3.55. The molecule has 0 saturated carbocycles. The molecule has 0 unspecified atom stereocenters. The lowest BCUT2D eigenvalue weighted by Crippen LogP contribution is -2.39. The molecule has 0 radical (unpaired) electrons. The van der Waals surface area contributed by atoms with Gasteiger partial charge in [0, 0.05) is 25.2 Å². The number of aromatic amines is 1. The molecule has 1 aromatic carbocycles. The third-order valence-electron chi connectivity index (χ3n) is 4.37. The summed E-state index contributed by atoms with van der Waals surface area (Å²) in [5, 5.41) is 2.66. The number of nitrogens with zero attached hydrogens (tertiary/aromatic N) is 3. The summed E-state index contributed by atoms with van der Waals surface area (Å²) in [6, 6.07) is 6.99. The Hall–Kier alpha value is -3.36. The van der Waals surface area contributed by atoms with Crippen molar-refractivity contribution in [1.82, 2.24) is 24.4 Å². The van der Waals surface area contributed by atoms with E-state index in [-0.39, 0.29) is 23.8 Å². The molecule has 0 saturated heterocycles. The van der Waals surface area contributed by atoms with Gasteiger partial charge in [-0.05, 0) is 45.0 Å². The zero-order valence-corrected chi connectivity index (χ0v) is 16.1. The molecular weight excluding hydrogens is 362 g/mol. The fourth-order valence-electron chi connectivity index (χ4n) is 2.97. The van der Waals surface area contributed by atoms with Crippen LogP contribution in [0.15, 0.2) is 33.9 Å². The van der Waals surface area contributed by atoms with Crippen molar-refractivity contribution >= 4 is 17.1 Å². The fraction of sp³-hybridized carbons (Fsp3) is 0.368. The highest BCUT2D eigenvalue weighted by Crippen LogP contribution is 2.21. The van der Waals surface area contributed by atoms with Crippen molar-refractivity contribution in [1.29, 1.82) is 0 Å². The molecule has 0 aliphatic heterocycles. The molecule has 2 N–H and O–H groups in total. The Kier molecular flexibility index (Phi) is 5.62. The summed E-state index contributed by atoms with van der Waals surface area (Å²) >= 11 is 0. The van der Waals surface area contributed by atoms with Crippen LogP contribution < -0.4 is 21.3 Å². The Morgan fingerprint density at radius 1 is 1.11 bits per heavy atom. The number of amides is 1. The van der Waals surface area contributed by atoms with Crippen molar-refractivity contribution in [3.63, 3.8) is 0 Å². The maximum Gasteiger partial charge on any atom is 0.332 e. The van der Waals surface area contributed by atoms with E-state index in [2.05, 4.69) is 15.3 Å². The quantitative estimate of drug-likeness (QED) is 0.633. The highest BCUT2D eigenvalue weighted by atomic mass is 16.5. The van der Waals surface area contributed by atoms with Gasteiger partial charge in [0.05, 0.1) is 0 Å². The van der Waals surface area contributed by atoms with E-state index < -0.39 is 0 Å². The van der Waals surface area contributed by atoms with Crippen molar-refractivity contribution < 1.29 is 9.53 Å². The molecule has 0 bridgehead atoms. The number of ether oxygens (including phenoxy) is 1. The Balaban J connectivity index is 1.94. The molecule has 0 spiro atoms. The van der Waals surface area contributed by atoms with Crippen molar-refractivity contribution in [3.8, 4) is 17.1 Å². The van der Waals surface area contributed by atoms with Crippen LogP contribution in [0.3, 0.4) is 0 Å². The second-order valence-corrected chi connectivity index (χ2v) is 6.13. The number of H-pyrrole nitrogens is 1. The Bertz CT molecular complexity index is 1110. The number of benzene rings is 1. The number of hydrogen-bond acceptors (Lipinski definition) is 5. The van der Waals surface area contributed by atoms with Gasteiger partial charge in [0.2, 0.25) is 0 Å². The minimum Gasteiger partial charge on any atom is -0.484 e. The number of fused-ring (bicyclic) bond motifs is 1.